The van der Waals surface area contributed by atoms with E-state index in [0.29, 0.717) is 12.1 Å². The Hall–Kier alpha value is -3.84. The average molecular weight is 437 g/mol. The van der Waals surface area contributed by atoms with Gasteiger partial charge in [-0.3, -0.25) is 4.79 Å². The van der Waals surface area contributed by atoms with Gasteiger partial charge in [0.2, 0.25) is 0 Å². The van der Waals surface area contributed by atoms with Crippen molar-refractivity contribution in [2.24, 2.45) is 5.73 Å². The number of nitrogens with two attached hydrogens (primary N) is 1. The number of amides is 1. The molecule has 1 saturated heterocycles. The Morgan fingerprint density at radius 1 is 0.970 bits per heavy atom. The van der Waals surface area contributed by atoms with Crippen LogP contribution in [0.1, 0.15) is 22.3 Å². The normalized spacial score (nSPS) is 17.5. The number of nitrogens with zero attached hydrogens (tertiary/aromatic N) is 5. The van der Waals surface area contributed by atoms with Crippen molar-refractivity contribution in [2.45, 2.75) is 18.9 Å². The van der Waals surface area contributed by atoms with Crippen LogP contribution in [0.25, 0.3) is 22.3 Å². The van der Waals surface area contributed by atoms with E-state index in [4.69, 9.17) is 10.7 Å². The Bertz CT molecular complexity index is 1350. The number of rotatable bonds is 3. The number of pyridine rings is 1. The Morgan fingerprint density at radius 2 is 1.82 bits per heavy atom. The monoisotopic (exact) mass is 436 g/mol. The molecule has 1 fully saturated rings. The zero-order chi connectivity index (χ0) is 22.4. The zero-order valence-corrected chi connectivity index (χ0v) is 18.2. The van der Waals surface area contributed by atoms with Crippen LogP contribution in [0, 0.1) is 0 Å². The van der Waals surface area contributed by atoms with Gasteiger partial charge >= 0.3 is 0 Å². The number of fused-ring (bicyclic) bond motifs is 2. The molecule has 7 nitrogen and oxygen atoms in total. The molecule has 2 N–H and O–H groups in total. The lowest BCUT2D eigenvalue weighted by atomic mass is 10.1. The van der Waals surface area contributed by atoms with Crippen LogP contribution in [0.2, 0.25) is 0 Å². The quantitative estimate of drug-likeness (QED) is 0.528. The molecule has 4 heterocycles. The van der Waals surface area contributed by atoms with Crippen molar-refractivity contribution in [3.05, 3.63) is 78.1 Å². The lowest BCUT2D eigenvalue weighted by Crippen LogP contribution is -2.31. The van der Waals surface area contributed by atoms with Crippen molar-refractivity contribution in [3.63, 3.8) is 0 Å². The summed E-state index contributed by atoms with van der Waals surface area (Å²) in [7, 11) is 0. The van der Waals surface area contributed by atoms with Gasteiger partial charge in [0.25, 0.3) is 5.91 Å². The lowest BCUT2D eigenvalue weighted by Gasteiger charge is -2.19. The van der Waals surface area contributed by atoms with Crippen LogP contribution in [-0.4, -0.2) is 51.4 Å². The summed E-state index contributed by atoms with van der Waals surface area (Å²) in [5, 5.41) is 0. The number of aromatic nitrogens is 3. The van der Waals surface area contributed by atoms with Crippen LogP contribution < -0.4 is 10.6 Å². The number of carbonyl (C=O) groups is 1. The summed E-state index contributed by atoms with van der Waals surface area (Å²) in [6.45, 7) is 2.21. The first kappa shape index (κ1) is 19.8. The van der Waals surface area contributed by atoms with Crippen LogP contribution in [0.3, 0.4) is 0 Å². The highest BCUT2D eigenvalue weighted by Crippen LogP contribution is 2.36. The molecule has 2 aromatic heterocycles. The molecule has 0 spiro atoms. The van der Waals surface area contributed by atoms with Crippen molar-refractivity contribution in [1.82, 2.24) is 19.9 Å². The number of para-hydroxylation sites is 1. The van der Waals surface area contributed by atoms with E-state index in [9.17, 15) is 4.79 Å². The van der Waals surface area contributed by atoms with Gasteiger partial charge in [-0.05, 0) is 48.7 Å². The van der Waals surface area contributed by atoms with E-state index < -0.39 is 0 Å². The minimum Gasteiger partial charge on any atom is -0.337 e. The second-order valence-electron chi connectivity index (χ2n) is 8.67. The van der Waals surface area contributed by atoms with Crippen LogP contribution >= 0.6 is 0 Å². The Kier molecular flexibility index (Phi) is 4.77. The first-order valence-electron chi connectivity index (χ1n) is 11.3. The van der Waals surface area contributed by atoms with Gasteiger partial charge in [-0.2, -0.15) is 0 Å². The van der Waals surface area contributed by atoms with Crippen molar-refractivity contribution in [1.29, 1.82) is 0 Å². The van der Waals surface area contributed by atoms with E-state index in [2.05, 4.69) is 39.1 Å². The molecular weight excluding hydrogens is 412 g/mol. The highest BCUT2D eigenvalue weighted by Gasteiger charge is 2.25. The number of benzene rings is 2. The SMILES string of the molecule is N[C@H]1CCN(C(=O)c2ccc(-c3ccc4ncnc(N5CCc6ccccc65)c4n3)cc2)C1. The van der Waals surface area contributed by atoms with Crippen LogP contribution in [-0.2, 0) is 6.42 Å². The van der Waals surface area contributed by atoms with Gasteiger partial charge in [-0.15, -0.1) is 0 Å². The maximum atomic E-state index is 12.7. The molecule has 164 valence electrons. The number of anilines is 2. The number of carbonyl (C=O) groups excluding carboxylic acids is 1. The molecule has 2 aliphatic rings. The molecular formula is C26H24N6O. The Labute approximate surface area is 191 Å². The third-order valence-electron chi connectivity index (χ3n) is 6.54. The van der Waals surface area contributed by atoms with E-state index in [-0.39, 0.29) is 11.9 Å². The third kappa shape index (κ3) is 3.50. The Morgan fingerprint density at radius 3 is 2.64 bits per heavy atom. The van der Waals surface area contributed by atoms with Crippen LogP contribution in [0.15, 0.2) is 67.0 Å². The fourth-order valence-electron chi connectivity index (χ4n) is 4.78. The molecule has 7 heteroatoms. The predicted molar refractivity (Wildman–Crippen MR) is 128 cm³/mol. The van der Waals surface area contributed by atoms with Crippen LogP contribution in [0.5, 0.6) is 0 Å². The second kappa shape index (κ2) is 7.94. The summed E-state index contributed by atoms with van der Waals surface area (Å²) in [6.07, 6.45) is 3.44. The van der Waals surface area contributed by atoms with E-state index in [1.54, 1.807) is 6.33 Å². The molecule has 4 aromatic rings. The smallest absolute Gasteiger partial charge is 0.253 e. The van der Waals surface area contributed by atoms with Gasteiger partial charge < -0.3 is 15.5 Å². The zero-order valence-electron chi connectivity index (χ0n) is 18.2. The number of likely N-dealkylation sites (tertiary alicyclic amines) is 1. The van der Waals surface area contributed by atoms with Gasteiger partial charge in [0.1, 0.15) is 11.8 Å². The second-order valence-corrected chi connectivity index (χ2v) is 8.67. The largest absolute Gasteiger partial charge is 0.337 e. The van der Waals surface area contributed by atoms with E-state index >= 15 is 0 Å². The molecule has 6 rings (SSSR count). The molecule has 2 aliphatic heterocycles. The third-order valence-corrected chi connectivity index (χ3v) is 6.54. The molecule has 1 atom stereocenters. The standard InChI is InChI=1S/C26H24N6O/c27-20-12-13-31(15-20)26(33)19-7-5-17(6-8-19)21-9-10-22-24(30-21)25(29-16-28-22)32-14-11-18-3-1-2-4-23(18)32/h1-10,16,20H,11-15,27H2/t20-/m0/s1. The van der Waals surface area contributed by atoms with Gasteiger partial charge in [0.15, 0.2) is 5.82 Å². The molecule has 0 bridgehead atoms. The summed E-state index contributed by atoms with van der Waals surface area (Å²) in [4.78, 5) is 30.8. The maximum Gasteiger partial charge on any atom is 0.253 e. The van der Waals surface area contributed by atoms with E-state index in [1.807, 2.05) is 41.3 Å². The van der Waals surface area contributed by atoms with Gasteiger partial charge in [-0.1, -0.05) is 30.3 Å². The topological polar surface area (TPSA) is 88.2 Å². The van der Waals surface area contributed by atoms with Crippen molar-refractivity contribution in [2.75, 3.05) is 24.5 Å². The fraction of sp³-hybridized carbons (Fsp3) is 0.231. The molecule has 0 aliphatic carbocycles. The summed E-state index contributed by atoms with van der Waals surface area (Å²) in [5.41, 5.74) is 12.5. The Balaban J connectivity index is 1.34. The minimum absolute atomic E-state index is 0.0318. The molecule has 0 unspecified atom stereocenters. The first-order valence-corrected chi connectivity index (χ1v) is 11.3. The van der Waals surface area contributed by atoms with Gasteiger partial charge in [-0.25, -0.2) is 15.0 Å². The van der Waals surface area contributed by atoms with E-state index in [1.165, 1.54) is 11.3 Å². The minimum atomic E-state index is 0.0318. The molecule has 0 saturated carbocycles. The summed E-state index contributed by atoms with van der Waals surface area (Å²) in [5.74, 6) is 0.855. The predicted octanol–water partition coefficient (Wildman–Crippen LogP) is 3.56. The summed E-state index contributed by atoms with van der Waals surface area (Å²) >= 11 is 0. The fourth-order valence-corrected chi connectivity index (χ4v) is 4.78. The molecule has 2 aromatic carbocycles. The van der Waals surface area contributed by atoms with Gasteiger partial charge in [0, 0.05) is 42.5 Å². The molecule has 1 amide bonds. The van der Waals surface area contributed by atoms with Crippen molar-refractivity contribution < 1.29 is 4.79 Å². The van der Waals surface area contributed by atoms with Crippen molar-refractivity contribution in [3.8, 4) is 11.3 Å². The number of hydrogen-bond acceptors (Lipinski definition) is 6. The first-order chi connectivity index (χ1) is 16.2. The highest BCUT2D eigenvalue weighted by atomic mass is 16.2. The highest BCUT2D eigenvalue weighted by molar-refractivity contribution is 5.95. The molecule has 33 heavy (non-hydrogen) atoms. The average Bonchev–Trinajstić information content (AvgIpc) is 3.49. The summed E-state index contributed by atoms with van der Waals surface area (Å²) < 4.78 is 0. The van der Waals surface area contributed by atoms with Crippen molar-refractivity contribution >= 4 is 28.4 Å². The van der Waals surface area contributed by atoms with Gasteiger partial charge in [0.05, 0.1) is 11.2 Å². The van der Waals surface area contributed by atoms with Crippen LogP contribution in [0.4, 0.5) is 11.5 Å². The lowest BCUT2D eigenvalue weighted by molar-refractivity contribution is 0.0791. The van der Waals surface area contributed by atoms with E-state index in [0.717, 1.165) is 54.0 Å². The number of hydrogen-bond donors (Lipinski definition) is 1. The maximum absolute atomic E-state index is 12.7. The summed E-state index contributed by atoms with van der Waals surface area (Å²) in [6, 6.07) is 20.1. The molecule has 0 radical (unpaired) electrons.